The molecule has 0 saturated heterocycles. The van der Waals surface area contributed by atoms with E-state index in [2.05, 4.69) is 0 Å². The molecule has 0 spiro atoms. The van der Waals surface area contributed by atoms with Crippen molar-refractivity contribution < 1.29 is 35.0 Å². The summed E-state index contributed by atoms with van der Waals surface area (Å²) in [5.74, 6) is 0. The lowest BCUT2D eigenvalue weighted by Crippen LogP contribution is -2.49. The highest BCUT2D eigenvalue weighted by Crippen LogP contribution is 2.06. The summed E-state index contributed by atoms with van der Waals surface area (Å²) in [6.07, 6.45) is 0. The van der Waals surface area contributed by atoms with Gasteiger partial charge in [0.05, 0.1) is 0 Å². The molecule has 8 N–H and O–H groups in total. The Morgan fingerprint density at radius 2 is 0.737 bits per heavy atom. The standard InChI is InChI=1S/C5H16N4.2H2O4S/c6-1-5(2-7,3-8)4-9;2*1-5(2,3)4/h1-4,6-9H2;2*(H2,1,2,3,4)/p-4. The van der Waals surface area contributed by atoms with Crippen LogP contribution in [0.25, 0.3) is 0 Å². The second kappa shape index (κ2) is 10.4. The second-order valence-electron chi connectivity index (χ2n) is 3.13. The Labute approximate surface area is 111 Å². The molecule has 0 radical (unpaired) electrons. The summed E-state index contributed by atoms with van der Waals surface area (Å²) in [5.41, 5.74) is 21.4. The van der Waals surface area contributed by atoms with Crippen LogP contribution in [0.2, 0.25) is 0 Å². The van der Waals surface area contributed by atoms with Crippen molar-refractivity contribution in [2.45, 2.75) is 0 Å². The highest BCUT2D eigenvalue weighted by Gasteiger charge is 2.22. The van der Waals surface area contributed by atoms with E-state index in [1.807, 2.05) is 0 Å². The number of nitrogens with two attached hydrogens (primary N) is 4. The van der Waals surface area contributed by atoms with E-state index in [-0.39, 0.29) is 5.41 Å². The molecule has 0 aliphatic heterocycles. The van der Waals surface area contributed by atoms with Crippen molar-refractivity contribution >= 4 is 20.8 Å². The van der Waals surface area contributed by atoms with Crippen LogP contribution in [0.4, 0.5) is 0 Å². The van der Waals surface area contributed by atoms with Gasteiger partial charge in [-0.15, -0.1) is 0 Å². The molecule has 0 fully saturated rings. The van der Waals surface area contributed by atoms with E-state index in [9.17, 15) is 0 Å². The average molecular weight is 324 g/mol. The smallest absolute Gasteiger partial charge is 0.0311 e. The van der Waals surface area contributed by atoms with Gasteiger partial charge in [0.15, 0.2) is 0 Å². The van der Waals surface area contributed by atoms with Gasteiger partial charge in [0.2, 0.25) is 0 Å². The maximum Gasteiger partial charge on any atom is 0.0311 e. The van der Waals surface area contributed by atoms with Crippen molar-refractivity contribution in [3.05, 3.63) is 0 Å². The highest BCUT2D eigenvalue weighted by molar-refractivity contribution is 7.79. The first-order valence-corrected chi connectivity index (χ1v) is 7.05. The van der Waals surface area contributed by atoms with Crippen LogP contribution in [0.1, 0.15) is 0 Å². The van der Waals surface area contributed by atoms with Crippen LogP contribution in [-0.2, 0) is 20.8 Å². The summed E-state index contributed by atoms with van der Waals surface area (Å²) in [4.78, 5) is 0. The molecule has 14 heteroatoms. The zero-order chi connectivity index (χ0) is 16.3. The minimum Gasteiger partial charge on any atom is -0.759 e. The predicted octanol–water partition coefficient (Wildman–Crippen LogP) is -4.87. The Bertz CT molecular complexity index is 339. The van der Waals surface area contributed by atoms with E-state index < -0.39 is 20.8 Å². The Morgan fingerprint density at radius 3 is 0.737 bits per heavy atom. The Balaban J connectivity index is -0.000000219. The molecule has 0 saturated carbocycles. The molecular weight excluding hydrogens is 308 g/mol. The van der Waals surface area contributed by atoms with Gasteiger partial charge in [-0.1, -0.05) is 0 Å². The van der Waals surface area contributed by atoms with E-state index in [4.69, 9.17) is 58.0 Å². The summed E-state index contributed by atoms with van der Waals surface area (Å²) in [5, 5.41) is 0. The molecule has 0 aliphatic rings. The lowest BCUT2D eigenvalue weighted by Gasteiger charge is -2.26. The van der Waals surface area contributed by atoms with Gasteiger partial charge in [0.25, 0.3) is 0 Å². The first-order valence-electron chi connectivity index (χ1n) is 4.38. The lowest BCUT2D eigenvalue weighted by molar-refractivity contribution is 0.333. The minimum absolute atomic E-state index is 0.222. The Kier molecular flexibility index (Phi) is 12.9. The Hall–Kier alpha value is -0.420. The van der Waals surface area contributed by atoms with E-state index >= 15 is 0 Å². The Morgan fingerprint density at radius 1 is 0.632 bits per heavy atom. The normalized spacial score (nSPS) is 11.8. The average Bonchev–Trinajstić information content (AvgIpc) is 2.17. The molecular formula is C5H16N4O8S2-4. The fourth-order valence-corrected chi connectivity index (χ4v) is 0.500. The topological polar surface area (TPSA) is 265 Å². The molecule has 0 atom stereocenters. The maximum absolute atomic E-state index is 8.52. The fourth-order valence-electron chi connectivity index (χ4n) is 0.500. The van der Waals surface area contributed by atoms with Crippen molar-refractivity contribution in [2.75, 3.05) is 26.2 Å². The largest absolute Gasteiger partial charge is 0.759 e. The third kappa shape index (κ3) is 31.8. The number of hydrogen-bond acceptors (Lipinski definition) is 12. The minimum atomic E-state index is -5.17. The predicted molar refractivity (Wildman–Crippen MR) is 59.6 cm³/mol. The first-order chi connectivity index (χ1) is 8.24. The summed E-state index contributed by atoms with van der Waals surface area (Å²) < 4.78 is 68.2. The third-order valence-corrected chi connectivity index (χ3v) is 1.73. The molecule has 0 rings (SSSR count). The van der Waals surface area contributed by atoms with Gasteiger partial charge in [0.1, 0.15) is 0 Å². The number of rotatable bonds is 4. The van der Waals surface area contributed by atoms with Crippen LogP contribution >= 0.6 is 0 Å². The second-order valence-corrected chi connectivity index (χ2v) is 4.77. The van der Waals surface area contributed by atoms with Gasteiger partial charge in [-0.2, -0.15) is 0 Å². The molecule has 0 aliphatic carbocycles. The monoisotopic (exact) mass is 324 g/mol. The van der Waals surface area contributed by atoms with Crippen LogP contribution < -0.4 is 22.9 Å². The van der Waals surface area contributed by atoms with Crippen molar-refractivity contribution in [3.63, 3.8) is 0 Å². The van der Waals surface area contributed by atoms with Gasteiger partial charge < -0.3 is 41.1 Å². The van der Waals surface area contributed by atoms with E-state index in [1.54, 1.807) is 0 Å². The molecule has 19 heavy (non-hydrogen) atoms. The van der Waals surface area contributed by atoms with Crippen molar-refractivity contribution in [2.24, 2.45) is 28.3 Å². The lowest BCUT2D eigenvalue weighted by atomic mass is 9.89. The van der Waals surface area contributed by atoms with Crippen LogP contribution in [0.3, 0.4) is 0 Å². The number of hydrogen-bond donors (Lipinski definition) is 4. The van der Waals surface area contributed by atoms with E-state index in [0.717, 1.165) is 0 Å². The fraction of sp³-hybridized carbons (Fsp3) is 1.00. The summed E-state index contributed by atoms with van der Waals surface area (Å²) in [6.45, 7) is 1.88. The zero-order valence-corrected chi connectivity index (χ0v) is 11.4. The van der Waals surface area contributed by atoms with Crippen molar-refractivity contribution in [3.8, 4) is 0 Å². The molecule has 0 aromatic rings. The molecule has 120 valence electrons. The molecule has 0 aromatic carbocycles. The van der Waals surface area contributed by atoms with Crippen LogP contribution in [0, 0.1) is 5.41 Å². The quantitative estimate of drug-likeness (QED) is 0.280. The van der Waals surface area contributed by atoms with Crippen molar-refractivity contribution in [1.29, 1.82) is 0 Å². The summed E-state index contributed by atoms with van der Waals surface area (Å²) >= 11 is 0. The molecule has 0 heterocycles. The van der Waals surface area contributed by atoms with Crippen LogP contribution in [0.5, 0.6) is 0 Å². The van der Waals surface area contributed by atoms with Gasteiger partial charge in [0, 0.05) is 52.4 Å². The summed E-state index contributed by atoms with van der Waals surface area (Å²) in [6, 6.07) is 0. The zero-order valence-electron chi connectivity index (χ0n) is 9.72. The van der Waals surface area contributed by atoms with E-state index in [1.165, 1.54) is 0 Å². The van der Waals surface area contributed by atoms with Gasteiger partial charge in [-0.05, 0) is 0 Å². The SMILES string of the molecule is NCC(CN)(CN)CN.O=S(=O)([O-])[O-].O=S(=O)([O-])[O-]. The third-order valence-electron chi connectivity index (χ3n) is 1.73. The van der Waals surface area contributed by atoms with E-state index in [0.29, 0.717) is 26.2 Å². The molecule has 0 amide bonds. The summed E-state index contributed by atoms with van der Waals surface area (Å²) in [7, 11) is -10.3. The first kappa shape index (κ1) is 23.7. The van der Waals surface area contributed by atoms with Crippen molar-refractivity contribution in [1.82, 2.24) is 0 Å². The van der Waals surface area contributed by atoms with Gasteiger partial charge >= 0.3 is 0 Å². The van der Waals surface area contributed by atoms with Gasteiger partial charge in [-0.3, -0.25) is 16.8 Å². The molecule has 0 unspecified atom stereocenters. The molecule has 0 bridgehead atoms. The van der Waals surface area contributed by atoms with Crippen LogP contribution in [-0.4, -0.2) is 61.2 Å². The maximum atomic E-state index is 8.52. The molecule has 0 aromatic heterocycles. The van der Waals surface area contributed by atoms with Crippen LogP contribution in [0.15, 0.2) is 0 Å². The van der Waals surface area contributed by atoms with Gasteiger partial charge in [-0.25, -0.2) is 0 Å². The highest BCUT2D eigenvalue weighted by atomic mass is 32.3. The molecule has 12 nitrogen and oxygen atoms in total.